The highest BCUT2D eigenvalue weighted by Crippen LogP contribution is 2.30. The van der Waals surface area contributed by atoms with Crippen molar-refractivity contribution in [2.75, 3.05) is 24.3 Å². The van der Waals surface area contributed by atoms with E-state index in [0.717, 1.165) is 27.3 Å². The Bertz CT molecular complexity index is 890. The fraction of sp³-hybridized carbons (Fsp3) is 0.571. The van der Waals surface area contributed by atoms with E-state index in [0.29, 0.717) is 17.5 Å². The summed E-state index contributed by atoms with van der Waals surface area (Å²) in [4.78, 5) is 18.9. The van der Waals surface area contributed by atoms with Crippen LogP contribution in [0.2, 0.25) is 0 Å². The van der Waals surface area contributed by atoms with E-state index in [1.54, 1.807) is 7.05 Å². The predicted octanol–water partition coefficient (Wildman–Crippen LogP) is 1.55. The Morgan fingerprint density at radius 1 is 1.40 bits per heavy atom. The average molecular weight is 403 g/mol. The minimum atomic E-state index is -3.02. The number of rotatable bonds is 5. The lowest BCUT2D eigenvalue weighted by atomic mass is 10.2. The molecule has 0 radical (unpaired) electrons. The van der Waals surface area contributed by atoms with Gasteiger partial charge < -0.3 is 9.32 Å². The largest absolute Gasteiger partial charge is 0.410 e. The number of thiazole rings is 1. The third kappa shape index (κ3) is 4.21. The molecule has 2 aromatic rings. The highest BCUT2D eigenvalue weighted by molar-refractivity contribution is 7.99. The van der Waals surface area contributed by atoms with Crippen LogP contribution >= 0.6 is 23.1 Å². The molecule has 136 valence electrons. The van der Waals surface area contributed by atoms with E-state index in [1.165, 1.54) is 16.2 Å². The molecule has 1 saturated heterocycles. The third-order valence-electron chi connectivity index (χ3n) is 3.97. The summed E-state index contributed by atoms with van der Waals surface area (Å²) in [5.41, 5.74) is 0.834. The van der Waals surface area contributed by atoms with Crippen LogP contribution in [0.4, 0.5) is 0 Å². The van der Waals surface area contributed by atoms with Crippen molar-refractivity contribution < 1.29 is 17.6 Å². The molecule has 0 aliphatic carbocycles. The number of sulfone groups is 1. The molecule has 3 heterocycles. The van der Waals surface area contributed by atoms with Crippen molar-refractivity contribution >= 4 is 38.8 Å². The second-order valence-corrected chi connectivity index (χ2v) is 10.2. The molecule has 0 saturated carbocycles. The molecule has 1 aliphatic heterocycles. The van der Waals surface area contributed by atoms with Gasteiger partial charge in [-0.15, -0.1) is 21.5 Å². The summed E-state index contributed by atoms with van der Waals surface area (Å²) in [6, 6.07) is -0.251. The predicted molar refractivity (Wildman–Crippen MR) is 95.4 cm³/mol. The van der Waals surface area contributed by atoms with Crippen LogP contribution in [0.3, 0.4) is 0 Å². The van der Waals surface area contributed by atoms with Crippen molar-refractivity contribution in [2.24, 2.45) is 0 Å². The van der Waals surface area contributed by atoms with Gasteiger partial charge in [-0.3, -0.25) is 4.79 Å². The standard InChI is InChI=1S/C14H18N4O4S3/c1-8-12(24-9(2)15-8)13-16-17-14(22-13)23-6-11(19)18(3)10-4-5-25(20,21)7-10/h10H,4-7H2,1-3H3. The van der Waals surface area contributed by atoms with E-state index >= 15 is 0 Å². The van der Waals surface area contributed by atoms with Crippen LogP contribution < -0.4 is 0 Å². The molecule has 1 atom stereocenters. The minimum Gasteiger partial charge on any atom is -0.410 e. The number of aromatic nitrogens is 3. The van der Waals surface area contributed by atoms with Crippen LogP contribution in [0.1, 0.15) is 17.1 Å². The van der Waals surface area contributed by atoms with Gasteiger partial charge in [0.15, 0.2) is 9.84 Å². The monoisotopic (exact) mass is 402 g/mol. The molecule has 0 N–H and O–H groups in total. The van der Waals surface area contributed by atoms with Gasteiger partial charge in [0, 0.05) is 13.1 Å². The molecule has 1 fully saturated rings. The van der Waals surface area contributed by atoms with E-state index < -0.39 is 9.84 Å². The van der Waals surface area contributed by atoms with Gasteiger partial charge >= 0.3 is 0 Å². The van der Waals surface area contributed by atoms with E-state index in [4.69, 9.17) is 4.42 Å². The summed E-state index contributed by atoms with van der Waals surface area (Å²) >= 11 is 2.62. The van der Waals surface area contributed by atoms with Crippen LogP contribution in [0, 0.1) is 13.8 Å². The maximum absolute atomic E-state index is 12.3. The number of thioether (sulfide) groups is 1. The summed E-state index contributed by atoms with van der Waals surface area (Å²) in [5, 5.41) is 9.19. The molecule has 2 aromatic heterocycles. The number of hydrogen-bond acceptors (Lipinski definition) is 9. The van der Waals surface area contributed by atoms with Gasteiger partial charge in [-0.2, -0.15) is 0 Å². The summed E-state index contributed by atoms with van der Waals surface area (Å²) in [5.74, 6) is 0.539. The van der Waals surface area contributed by atoms with Gasteiger partial charge in [0.2, 0.25) is 5.91 Å². The summed E-state index contributed by atoms with van der Waals surface area (Å²) in [6.45, 7) is 3.79. The summed E-state index contributed by atoms with van der Waals surface area (Å²) in [7, 11) is -1.38. The van der Waals surface area contributed by atoms with Crippen LogP contribution in [0.25, 0.3) is 10.8 Å². The fourth-order valence-corrected chi connectivity index (χ4v) is 5.90. The van der Waals surface area contributed by atoms with Crippen molar-refractivity contribution in [1.29, 1.82) is 0 Å². The molecular formula is C14H18N4O4S3. The van der Waals surface area contributed by atoms with E-state index in [-0.39, 0.29) is 29.2 Å². The van der Waals surface area contributed by atoms with Crippen LogP contribution in [-0.4, -0.2) is 64.8 Å². The van der Waals surface area contributed by atoms with Crippen molar-refractivity contribution in [2.45, 2.75) is 31.5 Å². The van der Waals surface area contributed by atoms with Gasteiger partial charge in [-0.1, -0.05) is 11.8 Å². The molecule has 1 amide bonds. The first-order valence-electron chi connectivity index (χ1n) is 7.62. The van der Waals surface area contributed by atoms with Crippen molar-refractivity contribution in [3.8, 4) is 10.8 Å². The molecule has 11 heteroatoms. The third-order valence-corrected chi connectivity index (χ3v) is 7.59. The lowest BCUT2D eigenvalue weighted by molar-refractivity contribution is -0.128. The van der Waals surface area contributed by atoms with E-state index in [9.17, 15) is 13.2 Å². The molecule has 0 spiro atoms. The number of hydrogen-bond donors (Lipinski definition) is 0. The lowest BCUT2D eigenvalue weighted by Gasteiger charge is -2.22. The Morgan fingerprint density at radius 2 is 2.16 bits per heavy atom. The molecule has 3 rings (SSSR count). The maximum atomic E-state index is 12.3. The van der Waals surface area contributed by atoms with Gasteiger partial charge in [-0.05, 0) is 20.3 Å². The number of carbonyl (C=O) groups excluding carboxylic acids is 1. The first-order valence-corrected chi connectivity index (χ1v) is 11.2. The topological polar surface area (TPSA) is 106 Å². The highest BCUT2D eigenvalue weighted by atomic mass is 32.2. The SMILES string of the molecule is Cc1nc(C)c(-c2nnc(SCC(=O)N(C)C3CCS(=O)(=O)C3)o2)s1. The molecular weight excluding hydrogens is 384 g/mol. The molecule has 25 heavy (non-hydrogen) atoms. The zero-order valence-corrected chi connectivity index (χ0v) is 16.5. The smallest absolute Gasteiger partial charge is 0.277 e. The Kier molecular flexibility index (Phi) is 5.16. The minimum absolute atomic E-state index is 0.0363. The lowest BCUT2D eigenvalue weighted by Crippen LogP contribution is -2.38. The Hall–Kier alpha value is -1.46. The average Bonchev–Trinajstić information content (AvgIpc) is 3.23. The number of amides is 1. The van der Waals surface area contributed by atoms with Crippen molar-refractivity contribution in [3.05, 3.63) is 10.7 Å². The molecule has 0 aromatic carbocycles. The van der Waals surface area contributed by atoms with E-state index in [2.05, 4.69) is 15.2 Å². The number of carbonyl (C=O) groups is 1. The Morgan fingerprint density at radius 3 is 2.76 bits per heavy atom. The second-order valence-electron chi connectivity index (χ2n) is 5.87. The zero-order chi connectivity index (χ0) is 18.2. The maximum Gasteiger partial charge on any atom is 0.277 e. The fourth-order valence-electron chi connectivity index (χ4n) is 2.60. The molecule has 1 aliphatic rings. The van der Waals surface area contributed by atoms with Gasteiger partial charge in [-0.25, -0.2) is 13.4 Å². The first kappa shape index (κ1) is 18.3. The summed E-state index contributed by atoms with van der Waals surface area (Å²) in [6.07, 6.45) is 0.490. The van der Waals surface area contributed by atoms with Gasteiger partial charge in [0.25, 0.3) is 11.1 Å². The quantitative estimate of drug-likeness (QED) is 0.694. The molecule has 0 bridgehead atoms. The first-order chi connectivity index (χ1) is 11.7. The number of nitrogens with zero attached hydrogens (tertiary/aromatic N) is 4. The van der Waals surface area contributed by atoms with E-state index in [1.807, 2.05) is 13.8 Å². The Balaban J connectivity index is 1.59. The summed E-state index contributed by atoms with van der Waals surface area (Å²) < 4.78 is 28.7. The van der Waals surface area contributed by atoms with Crippen LogP contribution in [-0.2, 0) is 14.6 Å². The second kappa shape index (κ2) is 7.04. The highest BCUT2D eigenvalue weighted by Gasteiger charge is 2.32. The Labute approximate surface area is 153 Å². The zero-order valence-electron chi connectivity index (χ0n) is 14.1. The van der Waals surface area contributed by atoms with Gasteiger partial charge in [0.05, 0.1) is 28.0 Å². The van der Waals surface area contributed by atoms with Crippen LogP contribution in [0.5, 0.6) is 0 Å². The van der Waals surface area contributed by atoms with Crippen molar-refractivity contribution in [1.82, 2.24) is 20.1 Å². The molecule has 1 unspecified atom stereocenters. The van der Waals surface area contributed by atoms with Crippen molar-refractivity contribution in [3.63, 3.8) is 0 Å². The van der Waals surface area contributed by atoms with Gasteiger partial charge in [0.1, 0.15) is 4.88 Å². The normalized spacial score (nSPS) is 19.2. The number of aryl methyl sites for hydroxylation is 2. The van der Waals surface area contributed by atoms with Crippen LogP contribution in [0.15, 0.2) is 9.64 Å². The molecule has 8 nitrogen and oxygen atoms in total.